The molecule has 0 heterocycles. The van der Waals surface area contributed by atoms with Crippen molar-refractivity contribution in [3.8, 4) is 11.5 Å². The van der Waals surface area contributed by atoms with Gasteiger partial charge >= 0.3 is 5.97 Å². The second-order valence-corrected chi connectivity index (χ2v) is 7.22. The Bertz CT molecular complexity index is 989. The Kier molecular flexibility index (Phi) is 6.42. The molecule has 144 valence electrons. The van der Waals surface area contributed by atoms with Crippen molar-refractivity contribution in [1.29, 1.82) is 0 Å². The molecule has 2 aromatic carbocycles. The van der Waals surface area contributed by atoms with Crippen LogP contribution in [0.1, 0.15) is 20.7 Å². The molecule has 2 N–H and O–H groups in total. The molecule has 0 amide bonds. The Morgan fingerprint density at radius 2 is 1.74 bits per heavy atom. The Hall–Kier alpha value is -2.62. The van der Waals surface area contributed by atoms with E-state index in [4.69, 9.17) is 31.0 Å². The number of sulfonamides is 1. The molecule has 0 radical (unpaired) electrons. The van der Waals surface area contributed by atoms with Crippen LogP contribution in [0.4, 0.5) is 0 Å². The Morgan fingerprint density at radius 3 is 2.33 bits per heavy atom. The predicted molar refractivity (Wildman–Crippen MR) is 97.0 cm³/mol. The zero-order valence-corrected chi connectivity index (χ0v) is 16.0. The molecule has 0 saturated heterocycles. The molecular weight excluding hydrogens is 398 g/mol. The lowest BCUT2D eigenvalue weighted by Gasteiger charge is -2.10. The van der Waals surface area contributed by atoms with E-state index in [0.717, 1.165) is 12.1 Å². The fraction of sp³-hybridized carbons (Fsp3) is 0.176. The minimum absolute atomic E-state index is 0.0399. The van der Waals surface area contributed by atoms with Gasteiger partial charge in [-0.3, -0.25) is 4.79 Å². The third kappa shape index (κ3) is 4.97. The van der Waals surface area contributed by atoms with E-state index in [9.17, 15) is 18.0 Å². The average molecular weight is 414 g/mol. The number of rotatable bonds is 7. The number of esters is 1. The first kappa shape index (κ1) is 20.7. The summed E-state index contributed by atoms with van der Waals surface area (Å²) in [7, 11) is -1.17. The van der Waals surface area contributed by atoms with Crippen molar-refractivity contribution in [3.05, 3.63) is 52.5 Å². The number of carbonyl (C=O) groups is 2. The van der Waals surface area contributed by atoms with Gasteiger partial charge in [0.25, 0.3) is 0 Å². The number of primary sulfonamides is 1. The molecule has 0 unspecified atom stereocenters. The van der Waals surface area contributed by atoms with Gasteiger partial charge in [0.2, 0.25) is 15.8 Å². The fourth-order valence-electron chi connectivity index (χ4n) is 2.15. The van der Waals surface area contributed by atoms with Crippen LogP contribution in [-0.2, 0) is 14.8 Å². The Morgan fingerprint density at radius 1 is 1.04 bits per heavy atom. The van der Waals surface area contributed by atoms with Crippen LogP contribution in [0.25, 0.3) is 0 Å². The molecule has 0 aliphatic heterocycles. The lowest BCUT2D eigenvalue weighted by molar-refractivity contribution is 0.0474. The summed E-state index contributed by atoms with van der Waals surface area (Å²) in [6.07, 6.45) is 0. The predicted octanol–water partition coefficient (Wildman–Crippen LogP) is 2.04. The maximum Gasteiger partial charge on any atom is 0.340 e. The lowest BCUT2D eigenvalue weighted by Crippen LogP contribution is -2.17. The Labute approximate surface area is 160 Å². The highest BCUT2D eigenvalue weighted by molar-refractivity contribution is 7.89. The van der Waals surface area contributed by atoms with Gasteiger partial charge in [-0.25, -0.2) is 18.4 Å². The topological polar surface area (TPSA) is 122 Å². The van der Waals surface area contributed by atoms with E-state index < -0.39 is 28.4 Å². The van der Waals surface area contributed by atoms with Gasteiger partial charge in [0, 0.05) is 6.07 Å². The van der Waals surface area contributed by atoms with Crippen molar-refractivity contribution < 1.29 is 32.2 Å². The molecule has 2 aromatic rings. The summed E-state index contributed by atoms with van der Waals surface area (Å²) in [5, 5.41) is 4.99. The smallest absolute Gasteiger partial charge is 0.340 e. The van der Waals surface area contributed by atoms with Gasteiger partial charge in [0.05, 0.1) is 35.3 Å². The normalized spacial score (nSPS) is 11.0. The second-order valence-electron chi connectivity index (χ2n) is 5.25. The maximum absolute atomic E-state index is 12.3. The molecule has 0 aromatic heterocycles. The number of halogens is 1. The third-order valence-corrected chi connectivity index (χ3v) is 4.77. The van der Waals surface area contributed by atoms with Crippen LogP contribution in [0.15, 0.2) is 41.3 Å². The highest BCUT2D eigenvalue weighted by Crippen LogP contribution is 2.25. The summed E-state index contributed by atoms with van der Waals surface area (Å²) in [4.78, 5) is 24.2. The van der Waals surface area contributed by atoms with E-state index >= 15 is 0 Å². The summed E-state index contributed by atoms with van der Waals surface area (Å²) in [6, 6.07) is 7.89. The molecule has 0 aliphatic carbocycles. The zero-order chi connectivity index (χ0) is 20.2. The minimum atomic E-state index is -4.03. The van der Waals surface area contributed by atoms with Gasteiger partial charge in [-0.2, -0.15) is 0 Å². The molecule has 0 atom stereocenters. The number of hydrogen-bond donors (Lipinski definition) is 1. The third-order valence-electron chi connectivity index (χ3n) is 3.53. The molecule has 0 saturated carbocycles. The second kappa shape index (κ2) is 8.38. The van der Waals surface area contributed by atoms with Crippen molar-refractivity contribution >= 4 is 33.4 Å². The van der Waals surface area contributed by atoms with Crippen LogP contribution in [0.5, 0.6) is 11.5 Å². The summed E-state index contributed by atoms with van der Waals surface area (Å²) in [5.74, 6) is -0.746. The van der Waals surface area contributed by atoms with E-state index in [0.29, 0.717) is 5.75 Å². The first-order valence-electron chi connectivity index (χ1n) is 7.42. The van der Waals surface area contributed by atoms with Crippen molar-refractivity contribution in [2.24, 2.45) is 5.14 Å². The summed E-state index contributed by atoms with van der Waals surface area (Å²) >= 11 is 5.90. The number of ketones is 1. The number of hydrogen-bond acceptors (Lipinski definition) is 7. The highest BCUT2D eigenvalue weighted by atomic mass is 35.5. The van der Waals surface area contributed by atoms with Gasteiger partial charge < -0.3 is 14.2 Å². The van der Waals surface area contributed by atoms with E-state index in [1.54, 1.807) is 6.07 Å². The molecule has 0 bridgehead atoms. The van der Waals surface area contributed by atoms with Crippen molar-refractivity contribution in [2.45, 2.75) is 4.90 Å². The number of Topliss-reactive ketones (excluding diaryl/α,β-unsaturated/α-hetero) is 1. The Balaban J connectivity index is 2.17. The van der Waals surface area contributed by atoms with Gasteiger partial charge in [-0.15, -0.1) is 0 Å². The monoisotopic (exact) mass is 413 g/mol. The molecule has 27 heavy (non-hydrogen) atoms. The van der Waals surface area contributed by atoms with E-state index in [-0.39, 0.29) is 26.8 Å². The first-order chi connectivity index (χ1) is 12.7. The summed E-state index contributed by atoms with van der Waals surface area (Å²) in [5.41, 5.74) is -0.0341. The van der Waals surface area contributed by atoms with E-state index in [1.807, 2.05) is 0 Å². The molecule has 8 nitrogen and oxygen atoms in total. The summed E-state index contributed by atoms with van der Waals surface area (Å²) in [6.45, 7) is -0.600. The van der Waals surface area contributed by atoms with Gasteiger partial charge in [0.15, 0.2) is 6.61 Å². The van der Waals surface area contributed by atoms with Crippen LogP contribution >= 0.6 is 11.6 Å². The van der Waals surface area contributed by atoms with Crippen molar-refractivity contribution in [1.82, 2.24) is 0 Å². The van der Waals surface area contributed by atoms with Crippen LogP contribution in [0.2, 0.25) is 5.02 Å². The first-order valence-corrected chi connectivity index (χ1v) is 9.34. The number of benzene rings is 2. The number of nitrogens with two attached hydrogens (primary N) is 1. The fourth-order valence-corrected chi connectivity index (χ4v) is 2.89. The number of methoxy groups -OCH3 is 2. The van der Waals surface area contributed by atoms with Gasteiger partial charge in [-0.1, -0.05) is 11.6 Å². The zero-order valence-electron chi connectivity index (χ0n) is 14.4. The molecule has 10 heteroatoms. The van der Waals surface area contributed by atoms with Gasteiger partial charge in [-0.05, 0) is 30.3 Å². The van der Waals surface area contributed by atoms with Crippen molar-refractivity contribution in [2.75, 3.05) is 20.8 Å². The largest absolute Gasteiger partial charge is 0.497 e. The summed E-state index contributed by atoms with van der Waals surface area (Å²) < 4.78 is 37.9. The van der Waals surface area contributed by atoms with E-state index in [1.165, 1.54) is 32.4 Å². The quantitative estimate of drug-likeness (QED) is 0.544. The number of carbonyl (C=O) groups excluding carboxylic acids is 2. The van der Waals surface area contributed by atoms with Gasteiger partial charge in [0.1, 0.15) is 11.5 Å². The molecule has 0 aliphatic rings. The van der Waals surface area contributed by atoms with Crippen LogP contribution in [-0.4, -0.2) is 41.0 Å². The maximum atomic E-state index is 12.3. The van der Waals surface area contributed by atoms with Crippen LogP contribution in [0, 0.1) is 0 Å². The van der Waals surface area contributed by atoms with Crippen molar-refractivity contribution in [3.63, 3.8) is 0 Å². The molecular formula is C17H16ClNO7S. The number of ether oxygens (including phenoxy) is 3. The van der Waals surface area contributed by atoms with Crippen LogP contribution in [0.3, 0.4) is 0 Å². The lowest BCUT2D eigenvalue weighted by atomic mass is 10.1. The molecule has 0 spiro atoms. The van der Waals surface area contributed by atoms with E-state index in [2.05, 4.69) is 0 Å². The average Bonchev–Trinajstić information content (AvgIpc) is 2.64. The molecule has 0 fully saturated rings. The highest BCUT2D eigenvalue weighted by Gasteiger charge is 2.20. The van der Waals surface area contributed by atoms with Crippen LogP contribution < -0.4 is 14.6 Å². The SMILES string of the molecule is COc1ccc(C(=O)COC(=O)c2cc(S(N)(=O)=O)ccc2Cl)c(OC)c1. The standard InChI is InChI=1S/C17H16ClNO7S/c1-24-10-3-5-12(16(7-10)25-2)15(20)9-26-17(21)13-8-11(27(19,22)23)4-6-14(13)18/h3-8H,9H2,1-2H3,(H2,19,22,23). The minimum Gasteiger partial charge on any atom is -0.497 e. The molecule has 2 rings (SSSR count).